The van der Waals surface area contributed by atoms with Crippen LogP contribution in [0.3, 0.4) is 0 Å². The Balaban J connectivity index is 1.25. The van der Waals surface area contributed by atoms with Gasteiger partial charge in [0, 0.05) is 37.6 Å². The SMILES string of the molecule is O=C(NOC[C@H]1C[C@H](n2cccc2)CN1)C1CCC2CN1C(=O)N2OS(=O)(=O)O. The van der Waals surface area contributed by atoms with Crippen molar-refractivity contribution in [1.82, 2.24) is 25.3 Å². The van der Waals surface area contributed by atoms with Gasteiger partial charge >= 0.3 is 16.4 Å². The molecule has 3 fully saturated rings. The normalized spacial score (nSPS) is 29.5. The molecule has 0 saturated carbocycles. The molecule has 3 aliphatic rings. The first-order chi connectivity index (χ1) is 13.8. The Kier molecular flexibility index (Phi) is 5.48. The molecule has 4 rings (SSSR count). The summed E-state index contributed by atoms with van der Waals surface area (Å²) in [6.07, 6.45) is 5.57. The molecule has 1 aromatic heterocycles. The van der Waals surface area contributed by atoms with E-state index in [4.69, 9.17) is 9.39 Å². The number of nitrogens with zero attached hydrogens (tertiary/aromatic N) is 3. The summed E-state index contributed by atoms with van der Waals surface area (Å²) in [5.74, 6) is -0.481. The summed E-state index contributed by atoms with van der Waals surface area (Å²) in [5.41, 5.74) is 2.39. The average molecular weight is 429 g/mol. The van der Waals surface area contributed by atoms with E-state index in [0.29, 0.717) is 23.9 Å². The highest BCUT2D eigenvalue weighted by atomic mass is 32.3. The van der Waals surface area contributed by atoms with E-state index in [1.807, 2.05) is 24.5 Å². The minimum absolute atomic E-state index is 0.0884. The Labute approximate surface area is 167 Å². The minimum Gasteiger partial charge on any atom is -0.350 e. The van der Waals surface area contributed by atoms with Crippen LogP contribution in [0.4, 0.5) is 4.79 Å². The molecule has 3 N–H and O–H groups in total. The summed E-state index contributed by atoms with van der Waals surface area (Å²) in [5, 5.41) is 3.95. The number of amides is 3. The van der Waals surface area contributed by atoms with Crippen LogP contribution < -0.4 is 10.8 Å². The quantitative estimate of drug-likeness (QED) is 0.387. The van der Waals surface area contributed by atoms with Crippen molar-refractivity contribution < 1.29 is 31.7 Å². The molecule has 0 spiro atoms. The molecule has 0 aromatic carbocycles. The maximum absolute atomic E-state index is 12.5. The molecule has 13 heteroatoms. The van der Waals surface area contributed by atoms with Crippen LogP contribution in [0.1, 0.15) is 25.3 Å². The van der Waals surface area contributed by atoms with Crippen molar-refractivity contribution >= 4 is 22.3 Å². The van der Waals surface area contributed by atoms with Gasteiger partial charge in [0.1, 0.15) is 6.04 Å². The third kappa shape index (κ3) is 4.38. The van der Waals surface area contributed by atoms with Crippen LogP contribution in [-0.4, -0.2) is 77.3 Å². The van der Waals surface area contributed by atoms with E-state index < -0.39 is 34.4 Å². The fourth-order valence-electron chi connectivity index (χ4n) is 4.13. The number of hydrogen-bond acceptors (Lipinski definition) is 7. The van der Waals surface area contributed by atoms with Crippen LogP contribution in [0.5, 0.6) is 0 Å². The second kappa shape index (κ2) is 7.91. The lowest BCUT2D eigenvalue weighted by Crippen LogP contribution is -2.50. The van der Waals surface area contributed by atoms with E-state index in [2.05, 4.69) is 19.6 Å². The molecular formula is C16H23N5O7S. The molecule has 3 amide bonds. The summed E-state index contributed by atoms with van der Waals surface area (Å²) in [6.45, 7) is 1.23. The predicted molar refractivity (Wildman–Crippen MR) is 97.4 cm³/mol. The third-order valence-electron chi connectivity index (χ3n) is 5.51. The summed E-state index contributed by atoms with van der Waals surface area (Å²) in [7, 11) is -4.82. The predicted octanol–water partition coefficient (Wildman–Crippen LogP) is -0.558. The van der Waals surface area contributed by atoms with Crippen LogP contribution in [0.25, 0.3) is 0 Å². The smallest absolute Gasteiger partial charge is 0.350 e. The molecule has 4 atom stereocenters. The van der Waals surface area contributed by atoms with E-state index in [0.717, 1.165) is 13.0 Å². The van der Waals surface area contributed by atoms with E-state index in [1.165, 1.54) is 4.90 Å². The van der Waals surface area contributed by atoms with Gasteiger partial charge in [0.15, 0.2) is 0 Å². The Morgan fingerprint density at radius 1 is 1.28 bits per heavy atom. The highest BCUT2D eigenvalue weighted by Gasteiger charge is 2.49. The van der Waals surface area contributed by atoms with E-state index in [1.54, 1.807) is 0 Å². The van der Waals surface area contributed by atoms with E-state index in [9.17, 15) is 18.0 Å². The summed E-state index contributed by atoms with van der Waals surface area (Å²) in [4.78, 5) is 31.4. The van der Waals surface area contributed by atoms with Gasteiger partial charge < -0.3 is 14.8 Å². The van der Waals surface area contributed by atoms with Gasteiger partial charge in [0.2, 0.25) is 0 Å². The Bertz CT molecular complexity index is 861. The fraction of sp³-hybridized carbons (Fsp3) is 0.625. The van der Waals surface area contributed by atoms with Gasteiger partial charge in [-0.3, -0.25) is 14.2 Å². The maximum atomic E-state index is 12.5. The third-order valence-corrected chi connectivity index (χ3v) is 5.85. The monoisotopic (exact) mass is 429 g/mol. The number of urea groups is 1. The molecule has 12 nitrogen and oxygen atoms in total. The van der Waals surface area contributed by atoms with Crippen LogP contribution in [0.15, 0.2) is 24.5 Å². The van der Waals surface area contributed by atoms with Gasteiger partial charge in [-0.15, -0.1) is 4.28 Å². The molecular weight excluding hydrogens is 406 g/mol. The second-order valence-corrected chi connectivity index (χ2v) is 8.42. The minimum atomic E-state index is -4.82. The first-order valence-corrected chi connectivity index (χ1v) is 10.7. The zero-order chi connectivity index (χ0) is 20.6. The van der Waals surface area contributed by atoms with Crippen LogP contribution in [-0.2, 0) is 24.3 Å². The highest BCUT2D eigenvalue weighted by molar-refractivity contribution is 7.80. The van der Waals surface area contributed by atoms with Gasteiger partial charge in [-0.2, -0.15) is 13.5 Å². The number of hydrogen-bond donors (Lipinski definition) is 3. The lowest BCUT2D eigenvalue weighted by atomic mass is 10.0. The lowest BCUT2D eigenvalue weighted by Gasteiger charge is -2.29. The molecule has 3 saturated heterocycles. The summed E-state index contributed by atoms with van der Waals surface area (Å²) < 4.78 is 37.1. The van der Waals surface area contributed by atoms with Crippen LogP contribution >= 0.6 is 0 Å². The molecule has 2 bridgehead atoms. The first kappa shape index (κ1) is 20.1. The second-order valence-electron chi connectivity index (χ2n) is 7.41. The molecule has 29 heavy (non-hydrogen) atoms. The van der Waals surface area contributed by atoms with Gasteiger partial charge in [0.25, 0.3) is 5.91 Å². The molecule has 3 aliphatic heterocycles. The topological polar surface area (TPSA) is 142 Å². The van der Waals surface area contributed by atoms with Crippen LogP contribution in [0.2, 0.25) is 0 Å². The Hall–Kier alpha value is -2.19. The molecule has 160 valence electrons. The number of rotatable bonds is 7. The first-order valence-electron chi connectivity index (χ1n) is 9.36. The van der Waals surface area contributed by atoms with Gasteiger partial charge in [0.05, 0.1) is 12.6 Å². The van der Waals surface area contributed by atoms with Crippen molar-refractivity contribution in [3.63, 3.8) is 0 Å². The van der Waals surface area contributed by atoms with Crippen molar-refractivity contribution in [2.45, 2.75) is 43.4 Å². The summed E-state index contributed by atoms with van der Waals surface area (Å²) in [6, 6.07) is 2.25. The number of fused-ring (bicyclic) bond motifs is 2. The summed E-state index contributed by atoms with van der Waals surface area (Å²) >= 11 is 0. The molecule has 0 aliphatic carbocycles. The lowest BCUT2D eigenvalue weighted by molar-refractivity contribution is -0.139. The van der Waals surface area contributed by atoms with Crippen molar-refractivity contribution in [1.29, 1.82) is 0 Å². The van der Waals surface area contributed by atoms with Gasteiger partial charge in [-0.1, -0.05) is 0 Å². The zero-order valence-corrected chi connectivity index (χ0v) is 16.3. The zero-order valence-electron chi connectivity index (χ0n) is 15.5. The largest absolute Gasteiger partial charge is 0.418 e. The van der Waals surface area contributed by atoms with Gasteiger partial charge in [-0.05, 0) is 31.4 Å². The maximum Gasteiger partial charge on any atom is 0.418 e. The molecule has 1 aromatic rings. The highest BCUT2D eigenvalue weighted by Crippen LogP contribution is 2.30. The van der Waals surface area contributed by atoms with Crippen molar-refractivity contribution in [3.05, 3.63) is 24.5 Å². The van der Waals surface area contributed by atoms with Crippen molar-refractivity contribution in [2.24, 2.45) is 0 Å². The number of aromatic nitrogens is 1. The average Bonchev–Trinajstić information content (AvgIpc) is 3.39. The number of carbonyl (C=O) groups excluding carboxylic acids is 2. The van der Waals surface area contributed by atoms with Crippen molar-refractivity contribution in [3.8, 4) is 0 Å². The van der Waals surface area contributed by atoms with E-state index in [-0.39, 0.29) is 19.2 Å². The standard InChI is InChI=1S/C16H23N5O7S/c22-15(18-27-10-11-7-13(8-17-11)19-5-1-2-6-19)14-4-3-12-9-20(14)16(23)21(12)28-29(24,25)26/h1-2,5-6,11-14,17H,3-4,7-10H2,(H,18,22)(H,24,25,26)/t11-,12?,13+,14?/m1/s1. The number of nitrogens with one attached hydrogen (secondary N) is 2. The fourth-order valence-corrected chi connectivity index (χ4v) is 4.52. The van der Waals surface area contributed by atoms with E-state index >= 15 is 0 Å². The number of piperidine rings is 1. The van der Waals surface area contributed by atoms with Crippen molar-refractivity contribution in [2.75, 3.05) is 19.7 Å². The Morgan fingerprint density at radius 3 is 2.76 bits per heavy atom. The number of carbonyl (C=O) groups is 2. The number of hydroxylamine groups is 3. The molecule has 0 radical (unpaired) electrons. The molecule has 2 unspecified atom stereocenters. The molecule has 4 heterocycles. The van der Waals surface area contributed by atoms with Crippen LogP contribution in [0, 0.1) is 0 Å². The van der Waals surface area contributed by atoms with Gasteiger partial charge in [-0.25, -0.2) is 10.3 Å². The Morgan fingerprint density at radius 2 is 2.03 bits per heavy atom.